The molecule has 6 rings (SSSR count). The first-order valence-electron chi connectivity index (χ1n) is 14.1. The Morgan fingerprint density at radius 1 is 1.24 bits per heavy atom. The first-order chi connectivity index (χ1) is 19.9. The highest BCUT2D eigenvalue weighted by Gasteiger charge is 2.49. The molecule has 0 aliphatic carbocycles. The number of alkyl halides is 4. The molecule has 0 aromatic carbocycles. The molecule has 0 amide bonds. The quantitative estimate of drug-likeness (QED) is 0.406. The molecule has 3 saturated heterocycles. The third-order valence-corrected chi connectivity index (χ3v) is 8.83. The van der Waals surface area contributed by atoms with Gasteiger partial charge in [0.2, 0.25) is 0 Å². The number of nitrogens with zero attached hydrogens (tertiary/aromatic N) is 6. The fourth-order valence-corrected chi connectivity index (χ4v) is 6.77. The number of rotatable bonds is 6. The van der Waals surface area contributed by atoms with Crippen molar-refractivity contribution < 1.29 is 26.7 Å². The van der Waals surface area contributed by atoms with Crippen molar-refractivity contribution in [1.82, 2.24) is 30.2 Å². The van der Waals surface area contributed by atoms with Gasteiger partial charge in [-0.2, -0.15) is 23.1 Å². The summed E-state index contributed by atoms with van der Waals surface area (Å²) in [6.45, 7) is 5.15. The fourth-order valence-electron chi connectivity index (χ4n) is 6.77. The van der Waals surface area contributed by atoms with Crippen molar-refractivity contribution in [3.63, 3.8) is 0 Å². The zero-order valence-corrected chi connectivity index (χ0v) is 23.6. The minimum atomic E-state index is -4.83. The number of nitrogen functional groups attached to an aromatic ring is 1. The van der Waals surface area contributed by atoms with E-state index in [0.29, 0.717) is 25.3 Å². The van der Waals surface area contributed by atoms with Crippen molar-refractivity contribution in [2.75, 3.05) is 43.9 Å². The molecule has 0 saturated carbocycles. The Bertz CT molecular complexity index is 1520. The molecular weight excluding hydrogens is 559 g/mol. The summed E-state index contributed by atoms with van der Waals surface area (Å²) in [5.41, 5.74) is 2.35. The third-order valence-electron chi connectivity index (χ3n) is 8.83. The summed E-state index contributed by atoms with van der Waals surface area (Å²) in [5.74, 6) is -0.965. The van der Waals surface area contributed by atoms with Gasteiger partial charge in [0.05, 0.1) is 16.5 Å². The Morgan fingerprint density at radius 3 is 2.74 bits per heavy atom. The van der Waals surface area contributed by atoms with Gasteiger partial charge in [-0.3, -0.25) is 9.88 Å². The lowest BCUT2D eigenvalue weighted by atomic mass is 9.95. The maximum Gasteiger partial charge on any atom is 0.418 e. The molecule has 3 N–H and O–H groups in total. The molecule has 42 heavy (non-hydrogen) atoms. The highest BCUT2D eigenvalue weighted by Crippen LogP contribution is 2.42. The number of nitrogens with one attached hydrogen (secondary N) is 1. The second-order valence-electron chi connectivity index (χ2n) is 11.8. The molecule has 14 heteroatoms. The number of ether oxygens (including phenoxy) is 1. The Labute approximate surface area is 239 Å². The number of aromatic nitrogens is 4. The van der Waals surface area contributed by atoms with E-state index in [-0.39, 0.29) is 47.0 Å². The molecule has 9 nitrogen and oxygen atoms in total. The number of halogens is 5. The first kappa shape index (κ1) is 28.7. The van der Waals surface area contributed by atoms with Gasteiger partial charge in [-0.1, -0.05) is 0 Å². The molecule has 3 aliphatic heterocycles. The van der Waals surface area contributed by atoms with Gasteiger partial charge < -0.3 is 20.7 Å². The molecule has 226 valence electrons. The van der Waals surface area contributed by atoms with Crippen LogP contribution >= 0.6 is 0 Å². The summed E-state index contributed by atoms with van der Waals surface area (Å²) in [4.78, 5) is 20.9. The summed E-state index contributed by atoms with van der Waals surface area (Å²) in [5, 5.41) is 3.59. The van der Waals surface area contributed by atoms with Gasteiger partial charge in [-0.15, -0.1) is 0 Å². The largest absolute Gasteiger partial charge is 0.461 e. The average molecular weight is 593 g/mol. The van der Waals surface area contributed by atoms with Crippen LogP contribution in [0.3, 0.4) is 0 Å². The van der Waals surface area contributed by atoms with Crippen LogP contribution in [0.5, 0.6) is 6.01 Å². The molecule has 3 aromatic rings. The van der Waals surface area contributed by atoms with Gasteiger partial charge in [0, 0.05) is 44.8 Å². The fraction of sp³-hybridized carbons (Fsp3) is 0.571. The van der Waals surface area contributed by atoms with Crippen LogP contribution in [0.1, 0.15) is 43.7 Å². The SMILES string of the molecule is Cc1cc(N)nc(-c2ncc3c(N(C)[C@H]4CN[C@H](C)C4)nc(OC[C@@]45CCCN4C[C@H](F)C5)nc3c2F)c1C(F)(F)F. The van der Waals surface area contributed by atoms with Crippen LogP contribution < -0.4 is 20.7 Å². The molecule has 3 aliphatic rings. The summed E-state index contributed by atoms with van der Waals surface area (Å²) in [6, 6.07) is 1.20. The minimum absolute atomic E-state index is 0.00908. The van der Waals surface area contributed by atoms with Crippen molar-refractivity contribution in [1.29, 1.82) is 0 Å². The number of hydrogen-bond acceptors (Lipinski definition) is 9. The number of likely N-dealkylation sites (N-methyl/N-ethyl adjacent to an activating group) is 1. The Hall–Kier alpha value is -3.39. The number of aryl methyl sites for hydroxylation is 1. The molecule has 6 heterocycles. The van der Waals surface area contributed by atoms with Crippen molar-refractivity contribution in [2.45, 2.75) is 69.5 Å². The van der Waals surface area contributed by atoms with Crippen molar-refractivity contribution in [2.24, 2.45) is 0 Å². The van der Waals surface area contributed by atoms with E-state index in [9.17, 15) is 17.6 Å². The smallest absolute Gasteiger partial charge is 0.418 e. The summed E-state index contributed by atoms with van der Waals surface area (Å²) in [6.07, 6.45) is -1.75. The molecular formula is C28H33F5N8O. The molecule has 0 radical (unpaired) electrons. The first-order valence-corrected chi connectivity index (χ1v) is 14.1. The van der Waals surface area contributed by atoms with Crippen LogP contribution in [-0.4, -0.2) is 81.9 Å². The molecule has 0 spiro atoms. The van der Waals surface area contributed by atoms with Crippen molar-refractivity contribution in [3.05, 3.63) is 29.2 Å². The molecule has 0 bridgehead atoms. The van der Waals surface area contributed by atoms with Gasteiger partial charge in [0.25, 0.3) is 0 Å². The van der Waals surface area contributed by atoms with E-state index in [1.807, 2.05) is 11.9 Å². The van der Waals surface area contributed by atoms with Crippen LogP contribution in [-0.2, 0) is 6.18 Å². The van der Waals surface area contributed by atoms with E-state index < -0.39 is 40.7 Å². The second kappa shape index (κ2) is 10.4. The zero-order chi connectivity index (χ0) is 30.0. The van der Waals surface area contributed by atoms with Gasteiger partial charge in [0.15, 0.2) is 5.82 Å². The number of hydrogen-bond donors (Lipinski definition) is 2. The Balaban J connectivity index is 1.47. The highest BCUT2D eigenvalue weighted by molar-refractivity contribution is 5.92. The van der Waals surface area contributed by atoms with Gasteiger partial charge in [-0.25, -0.2) is 13.8 Å². The Kier molecular flexibility index (Phi) is 7.11. The normalized spacial score (nSPS) is 26.2. The Morgan fingerprint density at radius 2 is 2.02 bits per heavy atom. The van der Waals surface area contributed by atoms with Crippen LogP contribution in [0.2, 0.25) is 0 Å². The van der Waals surface area contributed by atoms with Gasteiger partial charge >= 0.3 is 12.2 Å². The van der Waals surface area contributed by atoms with Gasteiger partial charge in [0.1, 0.15) is 41.3 Å². The lowest BCUT2D eigenvalue weighted by Gasteiger charge is -2.31. The van der Waals surface area contributed by atoms with E-state index in [0.717, 1.165) is 31.9 Å². The number of nitrogens with two attached hydrogens (primary N) is 1. The number of anilines is 2. The molecule has 3 fully saturated rings. The van der Waals surface area contributed by atoms with Crippen molar-refractivity contribution in [3.8, 4) is 17.4 Å². The zero-order valence-electron chi connectivity index (χ0n) is 23.6. The number of pyridine rings is 2. The van der Waals surface area contributed by atoms with Crippen LogP contribution in [0.15, 0.2) is 12.3 Å². The van der Waals surface area contributed by atoms with Gasteiger partial charge in [-0.05, 0) is 51.3 Å². The summed E-state index contributed by atoms with van der Waals surface area (Å²) < 4.78 is 78.9. The van der Waals surface area contributed by atoms with E-state index in [2.05, 4.69) is 37.1 Å². The minimum Gasteiger partial charge on any atom is -0.461 e. The highest BCUT2D eigenvalue weighted by atomic mass is 19.4. The molecule has 0 unspecified atom stereocenters. The van der Waals surface area contributed by atoms with Crippen LogP contribution in [0, 0.1) is 12.7 Å². The maximum absolute atomic E-state index is 16.3. The standard InChI is InChI=1S/C28H33F5N8O/c1-14-7-19(34)37-23(20(14)28(31,32)33)24-21(30)22-18(11-36-24)25(40(3)17-8-15(2)35-10-17)39-26(38-22)42-13-27-5-4-6-41(27)12-16(29)9-27/h7,11,15-17,35H,4-6,8-10,12-13H2,1-3H3,(H2,34,37)/t15-,16-,17-,27+/m1/s1. The van der Waals surface area contributed by atoms with Crippen LogP contribution in [0.25, 0.3) is 22.3 Å². The predicted octanol–water partition coefficient (Wildman–Crippen LogP) is 4.28. The maximum atomic E-state index is 16.3. The second-order valence-corrected chi connectivity index (χ2v) is 11.8. The topological polar surface area (TPSA) is 105 Å². The molecule has 3 aromatic heterocycles. The van der Waals surface area contributed by atoms with Crippen molar-refractivity contribution >= 4 is 22.5 Å². The van der Waals surface area contributed by atoms with E-state index in [4.69, 9.17) is 10.5 Å². The lowest BCUT2D eigenvalue weighted by Crippen LogP contribution is -2.43. The lowest BCUT2D eigenvalue weighted by molar-refractivity contribution is -0.137. The van der Waals surface area contributed by atoms with E-state index >= 15 is 4.39 Å². The summed E-state index contributed by atoms with van der Waals surface area (Å²) in [7, 11) is 1.81. The third kappa shape index (κ3) is 4.97. The monoisotopic (exact) mass is 592 g/mol. The summed E-state index contributed by atoms with van der Waals surface area (Å²) >= 11 is 0. The number of fused-ring (bicyclic) bond motifs is 2. The van der Waals surface area contributed by atoms with Crippen LogP contribution in [0.4, 0.5) is 33.6 Å². The van der Waals surface area contributed by atoms with E-state index in [1.54, 1.807) is 0 Å². The van der Waals surface area contributed by atoms with E-state index in [1.165, 1.54) is 13.1 Å². The average Bonchev–Trinajstić information content (AvgIpc) is 3.59. The predicted molar refractivity (Wildman–Crippen MR) is 147 cm³/mol. The molecule has 4 atom stereocenters.